The predicted molar refractivity (Wildman–Crippen MR) is 71.8 cm³/mol. The highest BCUT2D eigenvalue weighted by atomic mass is 15.1. The van der Waals surface area contributed by atoms with Crippen LogP contribution in [0, 0.1) is 0 Å². The average molecular weight is 227 g/mol. The van der Waals surface area contributed by atoms with Crippen molar-refractivity contribution in [2.75, 3.05) is 17.2 Å². The van der Waals surface area contributed by atoms with E-state index in [1.807, 2.05) is 36.4 Å². The second-order valence-corrected chi connectivity index (χ2v) is 3.90. The molecule has 0 saturated heterocycles. The predicted octanol–water partition coefficient (Wildman–Crippen LogP) is 2.69. The first-order valence-electron chi connectivity index (χ1n) is 5.81. The molecule has 1 aromatic carbocycles. The fraction of sp³-hybridized carbons (Fsp3) is 0.214. The van der Waals surface area contributed by atoms with Crippen LogP contribution in [0.15, 0.2) is 48.5 Å². The number of benzene rings is 1. The normalized spacial score (nSPS) is 10.2. The summed E-state index contributed by atoms with van der Waals surface area (Å²) in [4.78, 5) is 6.59. The summed E-state index contributed by atoms with van der Waals surface area (Å²) in [6.07, 6.45) is 0. The van der Waals surface area contributed by atoms with E-state index in [0.717, 1.165) is 18.8 Å². The van der Waals surface area contributed by atoms with Crippen LogP contribution in [0.5, 0.6) is 0 Å². The molecule has 0 atom stereocenters. The van der Waals surface area contributed by atoms with Crippen molar-refractivity contribution in [1.82, 2.24) is 4.98 Å². The van der Waals surface area contributed by atoms with E-state index in [1.54, 1.807) is 0 Å². The lowest BCUT2D eigenvalue weighted by Gasteiger charge is -2.22. The van der Waals surface area contributed by atoms with Crippen molar-refractivity contribution >= 4 is 11.5 Å². The molecule has 0 saturated carbocycles. The zero-order chi connectivity index (χ0) is 12.1. The van der Waals surface area contributed by atoms with Crippen LogP contribution in [0.2, 0.25) is 0 Å². The van der Waals surface area contributed by atoms with Crippen molar-refractivity contribution in [3.8, 4) is 0 Å². The van der Waals surface area contributed by atoms with Crippen molar-refractivity contribution in [3.63, 3.8) is 0 Å². The zero-order valence-corrected chi connectivity index (χ0v) is 10.0. The highest BCUT2D eigenvalue weighted by Crippen LogP contribution is 2.15. The van der Waals surface area contributed by atoms with Gasteiger partial charge in [0.1, 0.15) is 5.82 Å². The number of para-hydroxylation sites is 1. The van der Waals surface area contributed by atoms with Crippen LogP contribution in [0.1, 0.15) is 12.6 Å². The lowest BCUT2D eigenvalue weighted by Crippen LogP contribution is -2.22. The summed E-state index contributed by atoms with van der Waals surface area (Å²) < 4.78 is 0. The summed E-state index contributed by atoms with van der Waals surface area (Å²) in [6.45, 7) is 3.87. The first-order chi connectivity index (χ1) is 8.29. The SMILES string of the molecule is CCN(Cc1cccc(N)n1)c1ccccc1. The van der Waals surface area contributed by atoms with Crippen molar-refractivity contribution in [1.29, 1.82) is 0 Å². The Morgan fingerprint density at radius 2 is 1.82 bits per heavy atom. The second-order valence-electron chi connectivity index (χ2n) is 3.90. The van der Waals surface area contributed by atoms with Gasteiger partial charge in [-0.05, 0) is 31.2 Å². The van der Waals surface area contributed by atoms with Crippen LogP contribution in [0.3, 0.4) is 0 Å². The van der Waals surface area contributed by atoms with Crippen LogP contribution in [0.25, 0.3) is 0 Å². The van der Waals surface area contributed by atoms with Gasteiger partial charge in [0.05, 0.1) is 12.2 Å². The van der Waals surface area contributed by atoms with Gasteiger partial charge >= 0.3 is 0 Å². The van der Waals surface area contributed by atoms with E-state index in [1.165, 1.54) is 5.69 Å². The van der Waals surface area contributed by atoms with E-state index >= 15 is 0 Å². The Kier molecular flexibility index (Phi) is 3.60. The molecule has 0 aliphatic heterocycles. The second kappa shape index (κ2) is 5.34. The molecule has 88 valence electrons. The lowest BCUT2D eigenvalue weighted by molar-refractivity contribution is 0.811. The quantitative estimate of drug-likeness (QED) is 0.873. The Morgan fingerprint density at radius 1 is 1.06 bits per heavy atom. The molecular weight excluding hydrogens is 210 g/mol. The van der Waals surface area contributed by atoms with E-state index in [0.29, 0.717) is 5.82 Å². The van der Waals surface area contributed by atoms with Gasteiger partial charge in [-0.15, -0.1) is 0 Å². The highest BCUT2D eigenvalue weighted by molar-refractivity contribution is 5.46. The Labute approximate surface area is 102 Å². The fourth-order valence-electron chi connectivity index (χ4n) is 1.81. The maximum absolute atomic E-state index is 5.68. The van der Waals surface area contributed by atoms with Crippen LogP contribution in [-0.4, -0.2) is 11.5 Å². The minimum atomic E-state index is 0.576. The molecule has 0 spiro atoms. The molecule has 1 aromatic heterocycles. The summed E-state index contributed by atoms with van der Waals surface area (Å²) in [6, 6.07) is 16.1. The van der Waals surface area contributed by atoms with E-state index in [-0.39, 0.29) is 0 Å². The van der Waals surface area contributed by atoms with E-state index < -0.39 is 0 Å². The molecule has 2 rings (SSSR count). The maximum atomic E-state index is 5.68. The molecule has 0 aliphatic carbocycles. The van der Waals surface area contributed by atoms with Gasteiger partial charge in [-0.2, -0.15) is 0 Å². The van der Waals surface area contributed by atoms with Gasteiger partial charge in [0, 0.05) is 12.2 Å². The summed E-state index contributed by atoms with van der Waals surface area (Å²) in [5.74, 6) is 0.576. The number of hydrogen-bond acceptors (Lipinski definition) is 3. The molecule has 0 fully saturated rings. The van der Waals surface area contributed by atoms with Gasteiger partial charge in [-0.1, -0.05) is 24.3 Å². The first kappa shape index (κ1) is 11.5. The Balaban J connectivity index is 2.16. The van der Waals surface area contributed by atoms with Crippen LogP contribution < -0.4 is 10.6 Å². The molecule has 1 heterocycles. The third kappa shape index (κ3) is 2.97. The topological polar surface area (TPSA) is 42.1 Å². The Hall–Kier alpha value is -2.03. The molecule has 3 nitrogen and oxygen atoms in total. The lowest BCUT2D eigenvalue weighted by atomic mass is 10.2. The summed E-state index contributed by atoms with van der Waals surface area (Å²) in [5, 5.41) is 0. The molecule has 2 N–H and O–H groups in total. The summed E-state index contributed by atoms with van der Waals surface area (Å²) >= 11 is 0. The number of nitrogens with zero attached hydrogens (tertiary/aromatic N) is 2. The number of hydrogen-bond donors (Lipinski definition) is 1. The molecule has 17 heavy (non-hydrogen) atoms. The van der Waals surface area contributed by atoms with Crippen molar-refractivity contribution in [3.05, 3.63) is 54.2 Å². The highest BCUT2D eigenvalue weighted by Gasteiger charge is 2.05. The first-order valence-corrected chi connectivity index (χ1v) is 5.81. The van der Waals surface area contributed by atoms with E-state index in [2.05, 4.69) is 28.9 Å². The smallest absolute Gasteiger partial charge is 0.123 e. The molecule has 0 aliphatic rings. The van der Waals surface area contributed by atoms with Crippen LogP contribution >= 0.6 is 0 Å². The minimum Gasteiger partial charge on any atom is -0.384 e. The molecule has 0 unspecified atom stereocenters. The fourth-order valence-corrected chi connectivity index (χ4v) is 1.81. The van der Waals surface area contributed by atoms with E-state index in [9.17, 15) is 0 Å². The summed E-state index contributed by atoms with van der Waals surface area (Å²) in [5.41, 5.74) is 7.89. The number of anilines is 2. The van der Waals surface area contributed by atoms with Gasteiger partial charge in [-0.3, -0.25) is 0 Å². The molecule has 0 radical (unpaired) electrons. The maximum Gasteiger partial charge on any atom is 0.123 e. The van der Waals surface area contributed by atoms with Gasteiger partial charge in [0.25, 0.3) is 0 Å². The number of nitrogen functional groups attached to an aromatic ring is 1. The number of aromatic nitrogens is 1. The van der Waals surface area contributed by atoms with Crippen LogP contribution in [0.4, 0.5) is 11.5 Å². The number of pyridine rings is 1. The largest absolute Gasteiger partial charge is 0.384 e. The molecule has 0 amide bonds. The molecule has 2 aromatic rings. The van der Waals surface area contributed by atoms with Crippen LogP contribution in [-0.2, 0) is 6.54 Å². The monoisotopic (exact) mass is 227 g/mol. The van der Waals surface area contributed by atoms with Gasteiger partial charge in [0.2, 0.25) is 0 Å². The average Bonchev–Trinajstić information content (AvgIpc) is 2.37. The van der Waals surface area contributed by atoms with E-state index in [4.69, 9.17) is 5.73 Å². The Morgan fingerprint density at radius 3 is 2.47 bits per heavy atom. The minimum absolute atomic E-state index is 0.576. The third-order valence-corrected chi connectivity index (χ3v) is 2.68. The van der Waals surface area contributed by atoms with Crippen molar-refractivity contribution < 1.29 is 0 Å². The molecular formula is C14H17N3. The number of nitrogens with two attached hydrogens (primary N) is 1. The van der Waals surface area contributed by atoms with Crippen molar-refractivity contribution in [2.24, 2.45) is 0 Å². The van der Waals surface area contributed by atoms with Gasteiger partial charge < -0.3 is 10.6 Å². The molecule has 0 bridgehead atoms. The molecule has 3 heteroatoms. The number of rotatable bonds is 4. The summed E-state index contributed by atoms with van der Waals surface area (Å²) in [7, 11) is 0. The van der Waals surface area contributed by atoms with Gasteiger partial charge in [-0.25, -0.2) is 4.98 Å². The third-order valence-electron chi connectivity index (χ3n) is 2.68. The van der Waals surface area contributed by atoms with Gasteiger partial charge in [0.15, 0.2) is 0 Å². The Bertz CT molecular complexity index is 468. The van der Waals surface area contributed by atoms with Crippen molar-refractivity contribution in [2.45, 2.75) is 13.5 Å². The standard InChI is InChI=1S/C14H17N3/c1-2-17(13-8-4-3-5-9-13)11-12-7-6-10-14(15)16-12/h3-10H,2,11H2,1H3,(H2,15,16). The zero-order valence-electron chi connectivity index (χ0n) is 10.0.